The third-order valence-corrected chi connectivity index (χ3v) is 1.80. The van der Waals surface area contributed by atoms with E-state index in [1.165, 1.54) is 16.9 Å². The fraction of sp³-hybridized carbons (Fsp3) is 0. The number of carboxylic acids is 1. The van der Waals surface area contributed by atoms with Crippen LogP contribution in [0, 0.1) is 0 Å². The van der Waals surface area contributed by atoms with Crippen LogP contribution in [0.25, 0.3) is 5.69 Å². The third-order valence-electron chi connectivity index (χ3n) is 1.80. The van der Waals surface area contributed by atoms with E-state index in [4.69, 9.17) is 5.11 Å². The van der Waals surface area contributed by atoms with Gasteiger partial charge in [0.05, 0.1) is 23.6 Å². The number of carboxylic acid groups (broad SMARTS) is 1. The zero-order valence-corrected chi connectivity index (χ0v) is 7.16. The molecule has 0 fully saturated rings. The second-order valence-electron chi connectivity index (χ2n) is 2.67. The van der Waals surface area contributed by atoms with E-state index in [-0.39, 0.29) is 5.56 Å². The fourth-order valence-corrected chi connectivity index (χ4v) is 1.19. The summed E-state index contributed by atoms with van der Waals surface area (Å²) in [6.45, 7) is 0. The standard InChI is InChI=1S/C9H7N3O2/c13-9(14)7-3-1-2-4-8(7)12-6-5-10-11-12/h1-6H,(H,13,14). The normalized spacial score (nSPS) is 10.0. The van der Waals surface area contributed by atoms with Crippen LogP contribution in [0.4, 0.5) is 0 Å². The van der Waals surface area contributed by atoms with Crippen LogP contribution < -0.4 is 0 Å². The van der Waals surface area contributed by atoms with Crippen molar-refractivity contribution in [3.8, 4) is 5.69 Å². The number of benzene rings is 1. The van der Waals surface area contributed by atoms with Gasteiger partial charge in [-0.05, 0) is 12.1 Å². The van der Waals surface area contributed by atoms with Crippen LogP contribution >= 0.6 is 0 Å². The van der Waals surface area contributed by atoms with Gasteiger partial charge in [0.15, 0.2) is 0 Å². The number of hydrogen-bond acceptors (Lipinski definition) is 3. The second-order valence-corrected chi connectivity index (χ2v) is 2.67. The summed E-state index contributed by atoms with van der Waals surface area (Å²) >= 11 is 0. The number of nitrogens with zero attached hydrogens (tertiary/aromatic N) is 3. The highest BCUT2D eigenvalue weighted by atomic mass is 16.4. The Morgan fingerprint density at radius 3 is 2.79 bits per heavy atom. The molecule has 1 aromatic heterocycles. The molecule has 0 atom stereocenters. The van der Waals surface area contributed by atoms with E-state index >= 15 is 0 Å². The fourth-order valence-electron chi connectivity index (χ4n) is 1.19. The summed E-state index contributed by atoms with van der Waals surface area (Å²) < 4.78 is 1.42. The molecule has 14 heavy (non-hydrogen) atoms. The first-order chi connectivity index (χ1) is 6.79. The molecule has 0 saturated carbocycles. The highest BCUT2D eigenvalue weighted by Crippen LogP contribution is 2.12. The van der Waals surface area contributed by atoms with E-state index in [2.05, 4.69) is 10.3 Å². The smallest absolute Gasteiger partial charge is 0.337 e. The Hall–Kier alpha value is -2.17. The van der Waals surface area contributed by atoms with E-state index in [0.717, 1.165) is 0 Å². The number of carbonyl (C=O) groups is 1. The van der Waals surface area contributed by atoms with Gasteiger partial charge >= 0.3 is 5.97 Å². The van der Waals surface area contributed by atoms with Gasteiger partial charge in [0.25, 0.3) is 0 Å². The van der Waals surface area contributed by atoms with Crippen LogP contribution in [0.15, 0.2) is 36.7 Å². The zero-order valence-electron chi connectivity index (χ0n) is 7.16. The maximum absolute atomic E-state index is 10.9. The van der Waals surface area contributed by atoms with Crippen molar-refractivity contribution in [1.29, 1.82) is 0 Å². The van der Waals surface area contributed by atoms with Gasteiger partial charge in [-0.3, -0.25) is 0 Å². The van der Waals surface area contributed by atoms with Crippen molar-refractivity contribution in [1.82, 2.24) is 15.0 Å². The maximum atomic E-state index is 10.9. The molecule has 0 aliphatic heterocycles. The van der Waals surface area contributed by atoms with E-state index in [1.807, 2.05) is 0 Å². The molecule has 0 aliphatic rings. The van der Waals surface area contributed by atoms with Crippen molar-refractivity contribution in [3.63, 3.8) is 0 Å². The van der Waals surface area contributed by atoms with Gasteiger partial charge in [0, 0.05) is 0 Å². The molecule has 5 heteroatoms. The molecule has 0 radical (unpaired) electrons. The minimum absolute atomic E-state index is 0.206. The second kappa shape index (κ2) is 3.29. The highest BCUT2D eigenvalue weighted by molar-refractivity contribution is 5.91. The molecule has 0 aliphatic carbocycles. The maximum Gasteiger partial charge on any atom is 0.337 e. The topological polar surface area (TPSA) is 68.0 Å². The largest absolute Gasteiger partial charge is 0.478 e. The van der Waals surface area contributed by atoms with Gasteiger partial charge < -0.3 is 5.11 Å². The minimum Gasteiger partial charge on any atom is -0.478 e. The van der Waals surface area contributed by atoms with Gasteiger partial charge in [0.1, 0.15) is 0 Å². The lowest BCUT2D eigenvalue weighted by Crippen LogP contribution is -2.05. The Labute approximate surface area is 79.6 Å². The lowest BCUT2D eigenvalue weighted by atomic mass is 10.2. The molecular formula is C9H7N3O2. The monoisotopic (exact) mass is 189 g/mol. The van der Waals surface area contributed by atoms with Crippen LogP contribution in [-0.2, 0) is 0 Å². The Balaban J connectivity index is 2.58. The molecule has 1 N–H and O–H groups in total. The third kappa shape index (κ3) is 1.35. The summed E-state index contributed by atoms with van der Waals surface area (Å²) in [5.74, 6) is -0.976. The quantitative estimate of drug-likeness (QED) is 0.764. The Morgan fingerprint density at radius 1 is 1.36 bits per heavy atom. The number of aromatic carboxylic acids is 1. The lowest BCUT2D eigenvalue weighted by Gasteiger charge is -2.03. The van der Waals surface area contributed by atoms with Gasteiger partial charge in [0.2, 0.25) is 0 Å². The first kappa shape index (κ1) is 8.43. The molecule has 2 rings (SSSR count). The summed E-state index contributed by atoms with van der Waals surface area (Å²) in [6, 6.07) is 6.63. The molecule has 0 spiro atoms. The molecular weight excluding hydrogens is 182 g/mol. The molecule has 2 aromatic rings. The molecule has 0 unspecified atom stereocenters. The summed E-state index contributed by atoms with van der Waals surface area (Å²) in [5.41, 5.74) is 0.718. The summed E-state index contributed by atoms with van der Waals surface area (Å²) in [6.07, 6.45) is 3.10. The van der Waals surface area contributed by atoms with Crippen molar-refractivity contribution in [2.75, 3.05) is 0 Å². The number of rotatable bonds is 2. The Bertz CT molecular complexity index is 451. The average Bonchev–Trinajstić information content (AvgIpc) is 2.70. The van der Waals surface area contributed by atoms with Crippen LogP contribution in [-0.4, -0.2) is 26.1 Å². The van der Waals surface area contributed by atoms with E-state index in [1.54, 1.807) is 24.4 Å². The first-order valence-corrected chi connectivity index (χ1v) is 3.98. The van der Waals surface area contributed by atoms with E-state index in [0.29, 0.717) is 5.69 Å². The van der Waals surface area contributed by atoms with Crippen LogP contribution in [0.3, 0.4) is 0 Å². The average molecular weight is 189 g/mol. The summed E-state index contributed by atoms with van der Waals surface area (Å²) in [5, 5.41) is 16.3. The predicted molar refractivity (Wildman–Crippen MR) is 48.3 cm³/mol. The lowest BCUT2D eigenvalue weighted by molar-refractivity contribution is 0.0696. The Kier molecular flexibility index (Phi) is 1.98. The van der Waals surface area contributed by atoms with Crippen LogP contribution in [0.1, 0.15) is 10.4 Å². The van der Waals surface area contributed by atoms with Gasteiger partial charge in [-0.25, -0.2) is 9.48 Å². The molecule has 1 heterocycles. The summed E-state index contributed by atoms with van der Waals surface area (Å²) in [7, 11) is 0. The van der Waals surface area contributed by atoms with Crippen molar-refractivity contribution < 1.29 is 9.90 Å². The van der Waals surface area contributed by atoms with Crippen molar-refractivity contribution >= 4 is 5.97 Å². The molecule has 70 valence electrons. The first-order valence-electron chi connectivity index (χ1n) is 3.98. The minimum atomic E-state index is -0.976. The van der Waals surface area contributed by atoms with Gasteiger partial charge in [-0.2, -0.15) is 0 Å². The highest BCUT2D eigenvalue weighted by Gasteiger charge is 2.10. The van der Waals surface area contributed by atoms with Crippen molar-refractivity contribution in [2.24, 2.45) is 0 Å². The van der Waals surface area contributed by atoms with Crippen molar-refractivity contribution in [3.05, 3.63) is 42.2 Å². The molecule has 1 aromatic carbocycles. The zero-order chi connectivity index (χ0) is 9.97. The molecule has 0 bridgehead atoms. The summed E-state index contributed by atoms with van der Waals surface area (Å²) in [4.78, 5) is 10.9. The van der Waals surface area contributed by atoms with Crippen LogP contribution in [0.2, 0.25) is 0 Å². The van der Waals surface area contributed by atoms with E-state index < -0.39 is 5.97 Å². The number of hydrogen-bond donors (Lipinski definition) is 1. The number of aromatic nitrogens is 3. The molecule has 0 amide bonds. The molecule has 0 saturated heterocycles. The number of para-hydroxylation sites is 1. The van der Waals surface area contributed by atoms with Crippen LogP contribution in [0.5, 0.6) is 0 Å². The van der Waals surface area contributed by atoms with Crippen molar-refractivity contribution in [2.45, 2.75) is 0 Å². The Morgan fingerprint density at radius 2 is 2.14 bits per heavy atom. The van der Waals surface area contributed by atoms with Gasteiger partial charge in [-0.15, -0.1) is 5.10 Å². The predicted octanol–water partition coefficient (Wildman–Crippen LogP) is 0.965. The molecule has 5 nitrogen and oxygen atoms in total. The van der Waals surface area contributed by atoms with Gasteiger partial charge in [-0.1, -0.05) is 17.3 Å². The SMILES string of the molecule is O=C(O)c1ccccc1-n1ccnn1. The van der Waals surface area contributed by atoms with E-state index in [9.17, 15) is 4.79 Å².